The Bertz CT molecular complexity index is 1080. The van der Waals surface area contributed by atoms with Crippen LogP contribution in [0.5, 0.6) is 5.75 Å². The van der Waals surface area contributed by atoms with Gasteiger partial charge in [0.2, 0.25) is 0 Å². The van der Waals surface area contributed by atoms with Crippen LogP contribution in [0.15, 0.2) is 40.8 Å². The summed E-state index contributed by atoms with van der Waals surface area (Å²) in [5, 5.41) is 0.665. The van der Waals surface area contributed by atoms with Crippen LogP contribution in [0, 0.1) is 12.7 Å². The van der Waals surface area contributed by atoms with Crippen LogP contribution >= 0.6 is 0 Å². The number of furan rings is 1. The van der Waals surface area contributed by atoms with Crippen molar-refractivity contribution < 1.29 is 23.2 Å². The summed E-state index contributed by atoms with van der Waals surface area (Å²) >= 11 is 0. The third-order valence-corrected chi connectivity index (χ3v) is 6.06. The number of rotatable bonds is 3. The van der Waals surface area contributed by atoms with Crippen LogP contribution in [0.25, 0.3) is 11.0 Å². The van der Waals surface area contributed by atoms with Gasteiger partial charge in [-0.3, -0.25) is 4.79 Å². The molecule has 0 saturated carbocycles. The SMILES string of the molecule is Cc1c(C(=O)N2CC[NH+](Cc3ccc4c(c3)CCO4)CC2)oc2ccc(F)cc12. The Hall–Kier alpha value is -2.86. The molecule has 0 spiro atoms. The van der Waals surface area contributed by atoms with E-state index in [1.165, 1.54) is 28.2 Å². The molecule has 0 unspecified atom stereocenters. The summed E-state index contributed by atoms with van der Waals surface area (Å²) in [7, 11) is 0. The Kier molecular flexibility index (Phi) is 4.51. The number of nitrogens with one attached hydrogen (secondary N) is 1. The normalized spacial score (nSPS) is 16.8. The van der Waals surface area contributed by atoms with Gasteiger partial charge in [0.1, 0.15) is 23.7 Å². The summed E-state index contributed by atoms with van der Waals surface area (Å²) in [4.78, 5) is 16.3. The quantitative estimate of drug-likeness (QED) is 0.741. The molecule has 0 bridgehead atoms. The first kappa shape index (κ1) is 18.2. The highest BCUT2D eigenvalue weighted by Gasteiger charge is 2.28. The van der Waals surface area contributed by atoms with Crippen molar-refractivity contribution in [3.05, 3.63) is 64.7 Å². The molecule has 1 N–H and O–H groups in total. The van der Waals surface area contributed by atoms with Crippen molar-refractivity contribution in [3.8, 4) is 5.75 Å². The van der Waals surface area contributed by atoms with Crippen molar-refractivity contribution in [2.75, 3.05) is 32.8 Å². The number of aryl methyl sites for hydroxylation is 1. The molecule has 1 aromatic heterocycles. The van der Waals surface area contributed by atoms with Gasteiger partial charge >= 0.3 is 0 Å². The fourth-order valence-electron chi connectivity index (χ4n) is 4.38. The Morgan fingerprint density at radius 3 is 2.83 bits per heavy atom. The third-order valence-electron chi connectivity index (χ3n) is 6.06. The van der Waals surface area contributed by atoms with Gasteiger partial charge in [0, 0.05) is 22.9 Å². The molecule has 2 aliphatic rings. The lowest BCUT2D eigenvalue weighted by molar-refractivity contribution is -0.917. The van der Waals surface area contributed by atoms with Crippen LogP contribution in [-0.2, 0) is 13.0 Å². The van der Waals surface area contributed by atoms with E-state index in [0.717, 1.165) is 38.4 Å². The molecule has 150 valence electrons. The van der Waals surface area contributed by atoms with E-state index in [2.05, 4.69) is 18.2 Å². The zero-order chi connectivity index (χ0) is 20.0. The van der Waals surface area contributed by atoms with E-state index in [-0.39, 0.29) is 11.7 Å². The molecule has 5 nitrogen and oxygen atoms in total. The van der Waals surface area contributed by atoms with E-state index >= 15 is 0 Å². The fourth-order valence-corrected chi connectivity index (χ4v) is 4.38. The van der Waals surface area contributed by atoms with E-state index in [1.54, 1.807) is 6.07 Å². The predicted molar refractivity (Wildman–Crippen MR) is 107 cm³/mol. The third kappa shape index (κ3) is 3.38. The van der Waals surface area contributed by atoms with Crippen molar-refractivity contribution in [2.24, 2.45) is 0 Å². The van der Waals surface area contributed by atoms with E-state index < -0.39 is 0 Å². The van der Waals surface area contributed by atoms with Crippen molar-refractivity contribution in [1.29, 1.82) is 0 Å². The average Bonchev–Trinajstić information content (AvgIpc) is 3.32. The number of ether oxygens (including phenoxy) is 1. The van der Waals surface area contributed by atoms with Crippen molar-refractivity contribution >= 4 is 16.9 Å². The van der Waals surface area contributed by atoms with Gasteiger partial charge in [0.25, 0.3) is 5.91 Å². The number of carbonyl (C=O) groups excluding carboxylic acids is 1. The molecule has 1 fully saturated rings. The van der Waals surface area contributed by atoms with Gasteiger partial charge in [-0.15, -0.1) is 0 Å². The molecule has 1 amide bonds. The second-order valence-corrected chi connectivity index (χ2v) is 7.96. The molecule has 3 heterocycles. The molecule has 3 aromatic rings. The van der Waals surface area contributed by atoms with Gasteiger partial charge in [-0.2, -0.15) is 0 Å². The van der Waals surface area contributed by atoms with Crippen molar-refractivity contribution in [2.45, 2.75) is 19.9 Å². The number of nitrogens with zero attached hydrogens (tertiary/aromatic N) is 1. The zero-order valence-corrected chi connectivity index (χ0v) is 16.5. The maximum absolute atomic E-state index is 13.5. The van der Waals surface area contributed by atoms with Crippen LogP contribution < -0.4 is 9.64 Å². The summed E-state index contributed by atoms with van der Waals surface area (Å²) in [5.41, 5.74) is 3.88. The lowest BCUT2D eigenvalue weighted by Gasteiger charge is -2.32. The average molecular weight is 395 g/mol. The number of piperazine rings is 1. The lowest BCUT2D eigenvalue weighted by Crippen LogP contribution is -3.13. The lowest BCUT2D eigenvalue weighted by atomic mass is 10.1. The van der Waals surface area contributed by atoms with Crippen molar-refractivity contribution in [3.63, 3.8) is 0 Å². The van der Waals surface area contributed by atoms with E-state index in [9.17, 15) is 9.18 Å². The second kappa shape index (κ2) is 7.19. The minimum Gasteiger partial charge on any atom is -0.493 e. The van der Waals surface area contributed by atoms with Crippen LogP contribution in [0.3, 0.4) is 0 Å². The van der Waals surface area contributed by atoms with Gasteiger partial charge < -0.3 is 19.0 Å². The largest absolute Gasteiger partial charge is 0.493 e. The zero-order valence-electron chi connectivity index (χ0n) is 16.5. The predicted octanol–water partition coefficient (Wildman–Crippen LogP) is 2.36. The minimum atomic E-state index is -0.323. The maximum Gasteiger partial charge on any atom is 0.290 e. The molecule has 0 aliphatic carbocycles. The summed E-state index contributed by atoms with van der Waals surface area (Å²) in [6, 6.07) is 10.8. The number of fused-ring (bicyclic) bond motifs is 2. The number of amides is 1. The highest BCUT2D eigenvalue weighted by atomic mass is 19.1. The molecule has 1 saturated heterocycles. The Morgan fingerprint density at radius 2 is 2.00 bits per heavy atom. The minimum absolute atomic E-state index is 0.104. The highest BCUT2D eigenvalue weighted by Crippen LogP contribution is 2.27. The first-order valence-corrected chi connectivity index (χ1v) is 10.1. The fraction of sp³-hybridized carbons (Fsp3) is 0.348. The van der Waals surface area contributed by atoms with Gasteiger partial charge in [0.15, 0.2) is 5.76 Å². The Labute approximate surface area is 168 Å². The monoisotopic (exact) mass is 395 g/mol. The number of carbonyl (C=O) groups is 1. The number of quaternary nitrogens is 1. The summed E-state index contributed by atoms with van der Waals surface area (Å²) in [6.45, 7) is 6.72. The Balaban J connectivity index is 1.25. The van der Waals surface area contributed by atoms with Crippen LogP contribution in [-0.4, -0.2) is 43.6 Å². The molecule has 29 heavy (non-hydrogen) atoms. The molecule has 2 aliphatic heterocycles. The van der Waals surface area contributed by atoms with Crippen LogP contribution in [0.4, 0.5) is 4.39 Å². The van der Waals surface area contributed by atoms with Gasteiger partial charge in [-0.05, 0) is 48.9 Å². The molecular weight excluding hydrogens is 371 g/mol. The number of halogens is 1. The van der Waals surface area contributed by atoms with Crippen molar-refractivity contribution in [1.82, 2.24) is 4.90 Å². The second-order valence-electron chi connectivity index (χ2n) is 7.96. The molecular formula is C23H24FN2O3+. The van der Waals surface area contributed by atoms with E-state index in [1.807, 2.05) is 11.8 Å². The van der Waals surface area contributed by atoms with E-state index in [4.69, 9.17) is 9.15 Å². The summed E-state index contributed by atoms with van der Waals surface area (Å²) < 4.78 is 24.9. The van der Waals surface area contributed by atoms with Gasteiger partial charge in [-0.25, -0.2) is 4.39 Å². The number of benzene rings is 2. The molecule has 6 heteroatoms. The molecule has 2 aromatic carbocycles. The Morgan fingerprint density at radius 1 is 1.17 bits per heavy atom. The van der Waals surface area contributed by atoms with Gasteiger partial charge in [-0.1, -0.05) is 0 Å². The molecule has 0 atom stereocenters. The number of hydrogen-bond donors (Lipinski definition) is 1. The first-order valence-electron chi connectivity index (χ1n) is 10.1. The standard InChI is InChI=1S/C23H23FN2O3/c1-15-19-13-18(24)3-5-21(19)29-22(15)23(27)26-9-7-25(8-10-26)14-16-2-4-20-17(12-16)6-11-28-20/h2-5,12-13H,6-11,14H2,1H3/p+1. The number of hydrogen-bond acceptors (Lipinski definition) is 3. The van der Waals surface area contributed by atoms with Crippen LogP contribution in [0.2, 0.25) is 0 Å². The van der Waals surface area contributed by atoms with E-state index in [0.29, 0.717) is 35.4 Å². The van der Waals surface area contributed by atoms with Gasteiger partial charge in [0.05, 0.1) is 32.8 Å². The van der Waals surface area contributed by atoms with Crippen LogP contribution in [0.1, 0.15) is 27.2 Å². The highest BCUT2D eigenvalue weighted by molar-refractivity contribution is 5.99. The summed E-state index contributed by atoms with van der Waals surface area (Å²) in [6.07, 6.45) is 0.988. The maximum atomic E-state index is 13.5. The summed E-state index contributed by atoms with van der Waals surface area (Å²) in [5.74, 6) is 0.913. The first-order chi connectivity index (χ1) is 14.1. The molecule has 5 rings (SSSR count). The smallest absolute Gasteiger partial charge is 0.290 e. The topological polar surface area (TPSA) is 47.1 Å². The molecule has 0 radical (unpaired) electrons.